The average Bonchev–Trinajstić information content (AvgIpc) is 3.71. The molecule has 0 aliphatic heterocycles. The van der Waals surface area contributed by atoms with Gasteiger partial charge in [-0.15, -0.1) is 11.3 Å². The van der Waals surface area contributed by atoms with E-state index in [4.69, 9.17) is 0 Å². The summed E-state index contributed by atoms with van der Waals surface area (Å²) in [5.41, 5.74) is 6.24. The molecule has 0 fully saturated rings. The zero-order chi connectivity index (χ0) is 26.7. The first-order chi connectivity index (χ1) is 20.4. The monoisotopic (exact) mass is 538 g/mol. The van der Waals surface area contributed by atoms with Gasteiger partial charge in [0.05, 0.1) is 22.1 Å². The summed E-state index contributed by atoms with van der Waals surface area (Å²) in [5.74, 6) is 0. The van der Waals surface area contributed by atoms with Crippen molar-refractivity contribution >= 4 is 91.3 Å². The molecule has 0 unspecified atom stereocenters. The second-order valence-electron chi connectivity index (χ2n) is 10.9. The van der Waals surface area contributed by atoms with Crippen LogP contribution in [0, 0.1) is 0 Å². The number of fused-ring (bicyclic) bond motifs is 16. The zero-order valence-corrected chi connectivity index (χ0v) is 22.8. The maximum atomic E-state index is 2.50. The van der Waals surface area contributed by atoms with E-state index >= 15 is 0 Å². The first kappa shape index (κ1) is 21.7. The maximum absolute atomic E-state index is 2.50. The van der Waals surface area contributed by atoms with Gasteiger partial charge in [0, 0.05) is 64.4 Å². The number of hydrogen-bond acceptors (Lipinski definition) is 1. The van der Waals surface area contributed by atoms with Gasteiger partial charge in [-0.25, -0.2) is 0 Å². The Morgan fingerprint density at radius 2 is 1.07 bits per heavy atom. The minimum Gasteiger partial charge on any atom is -0.314 e. The molecule has 0 amide bonds. The highest BCUT2D eigenvalue weighted by Crippen LogP contribution is 2.46. The molecule has 0 radical (unpaired) electrons. The summed E-state index contributed by atoms with van der Waals surface area (Å²) in [7, 11) is 0. The Morgan fingerprint density at radius 1 is 0.415 bits per heavy atom. The molecule has 0 bridgehead atoms. The molecule has 0 saturated heterocycles. The van der Waals surface area contributed by atoms with Crippen LogP contribution in [-0.4, -0.2) is 8.97 Å². The van der Waals surface area contributed by atoms with Gasteiger partial charge in [-0.05, 0) is 35.7 Å². The molecule has 0 N–H and O–H groups in total. The summed E-state index contributed by atoms with van der Waals surface area (Å²) >= 11 is 1.89. The van der Waals surface area contributed by atoms with Crippen molar-refractivity contribution in [1.29, 1.82) is 0 Å². The zero-order valence-electron chi connectivity index (χ0n) is 22.0. The van der Waals surface area contributed by atoms with Crippen LogP contribution in [0.25, 0.3) is 85.6 Å². The van der Waals surface area contributed by atoms with E-state index in [1.807, 2.05) is 11.3 Å². The van der Waals surface area contributed by atoms with Gasteiger partial charge in [0.15, 0.2) is 0 Å². The Bertz CT molecular complexity index is 2690. The van der Waals surface area contributed by atoms with Gasteiger partial charge in [-0.3, -0.25) is 0 Å². The molecule has 4 heterocycles. The van der Waals surface area contributed by atoms with E-state index in [0.717, 1.165) is 0 Å². The van der Waals surface area contributed by atoms with E-state index in [1.54, 1.807) is 0 Å². The Kier molecular flexibility index (Phi) is 4.10. The third kappa shape index (κ3) is 2.71. The first-order valence-corrected chi connectivity index (χ1v) is 14.9. The van der Waals surface area contributed by atoms with Gasteiger partial charge >= 0.3 is 0 Å². The number of nitrogens with zero attached hydrogens (tertiary/aromatic N) is 2. The van der Waals surface area contributed by atoms with Crippen molar-refractivity contribution in [3.05, 3.63) is 134 Å². The van der Waals surface area contributed by atoms with Crippen LogP contribution in [0.1, 0.15) is 0 Å². The highest BCUT2D eigenvalue weighted by atomic mass is 32.1. The highest BCUT2D eigenvalue weighted by Gasteiger charge is 2.22. The molecule has 2 nitrogen and oxygen atoms in total. The lowest BCUT2D eigenvalue weighted by Gasteiger charge is -2.15. The molecule has 41 heavy (non-hydrogen) atoms. The fourth-order valence-electron chi connectivity index (χ4n) is 7.22. The molecule has 4 aromatic heterocycles. The Labute approximate surface area is 238 Å². The van der Waals surface area contributed by atoms with Crippen molar-refractivity contribution < 1.29 is 0 Å². The first-order valence-electron chi connectivity index (χ1n) is 14.0. The number of thiophene rings is 1. The lowest BCUT2D eigenvalue weighted by molar-refractivity contribution is 1.19. The summed E-state index contributed by atoms with van der Waals surface area (Å²) in [6.07, 6.45) is 2.35. The number of pyridine rings is 1. The molecule has 3 heteroatoms. The lowest BCUT2D eigenvalue weighted by Crippen LogP contribution is -1.96. The number of hydrogen-bond donors (Lipinski definition) is 0. The smallest absolute Gasteiger partial charge is 0.0641 e. The maximum Gasteiger partial charge on any atom is 0.0641 e. The summed E-state index contributed by atoms with van der Waals surface area (Å²) in [4.78, 5) is 0. The molecule has 10 aromatic rings. The van der Waals surface area contributed by atoms with Gasteiger partial charge in [0.25, 0.3) is 0 Å². The SMILES string of the molecule is c1ccc(-n2c3ccccc3c3ccc4c5ccc6sc7ccccc7c6c5n5cc6ccccc6c5c4c32)cc1. The van der Waals surface area contributed by atoms with Crippen LogP contribution < -0.4 is 0 Å². The van der Waals surface area contributed by atoms with Crippen LogP contribution in [0.15, 0.2) is 134 Å². The number of benzene rings is 6. The lowest BCUT2D eigenvalue weighted by atomic mass is 9.98. The Morgan fingerprint density at radius 3 is 1.98 bits per heavy atom. The number of aromatic nitrogens is 2. The second-order valence-corrected chi connectivity index (χ2v) is 12.0. The van der Waals surface area contributed by atoms with Crippen LogP contribution in [0.2, 0.25) is 0 Å². The van der Waals surface area contributed by atoms with Gasteiger partial charge in [-0.2, -0.15) is 0 Å². The minimum absolute atomic E-state index is 1.18. The van der Waals surface area contributed by atoms with E-state index in [1.165, 1.54) is 85.6 Å². The van der Waals surface area contributed by atoms with Crippen LogP contribution in [0.3, 0.4) is 0 Å². The predicted octanol–water partition coefficient (Wildman–Crippen LogP) is 10.9. The van der Waals surface area contributed by atoms with E-state index in [9.17, 15) is 0 Å². The van der Waals surface area contributed by atoms with Crippen LogP contribution in [0.4, 0.5) is 0 Å². The van der Waals surface area contributed by atoms with Crippen LogP contribution in [0.5, 0.6) is 0 Å². The van der Waals surface area contributed by atoms with Gasteiger partial charge in [0.1, 0.15) is 0 Å². The molecule has 0 aliphatic rings. The third-order valence-electron chi connectivity index (χ3n) is 8.86. The number of rotatable bonds is 1. The average molecular weight is 539 g/mol. The number of para-hydroxylation sites is 2. The van der Waals surface area contributed by atoms with Crippen molar-refractivity contribution in [3.8, 4) is 5.69 Å². The van der Waals surface area contributed by atoms with E-state index in [0.29, 0.717) is 0 Å². The molecular weight excluding hydrogens is 516 g/mol. The predicted molar refractivity (Wildman–Crippen MR) is 177 cm³/mol. The molecule has 6 aromatic carbocycles. The molecule has 0 spiro atoms. The van der Waals surface area contributed by atoms with Crippen molar-refractivity contribution in [1.82, 2.24) is 8.97 Å². The van der Waals surface area contributed by atoms with Crippen molar-refractivity contribution in [3.63, 3.8) is 0 Å². The minimum atomic E-state index is 1.18. The van der Waals surface area contributed by atoms with Gasteiger partial charge < -0.3 is 8.97 Å². The van der Waals surface area contributed by atoms with E-state index in [2.05, 4.69) is 143 Å². The quantitative estimate of drug-likeness (QED) is 0.184. The van der Waals surface area contributed by atoms with Crippen molar-refractivity contribution in [2.45, 2.75) is 0 Å². The summed E-state index contributed by atoms with van der Waals surface area (Å²) in [6.45, 7) is 0. The van der Waals surface area contributed by atoms with Crippen molar-refractivity contribution in [2.75, 3.05) is 0 Å². The molecular formula is C38H22N2S. The normalized spacial score (nSPS) is 12.4. The summed E-state index contributed by atoms with van der Waals surface area (Å²) in [5, 5.41) is 11.7. The Balaban J connectivity index is 1.57. The largest absolute Gasteiger partial charge is 0.314 e. The van der Waals surface area contributed by atoms with E-state index in [-0.39, 0.29) is 0 Å². The molecule has 0 aliphatic carbocycles. The standard InChI is InChI=1S/C38H22N2S/c1-2-11-24(12-3-1)40-31-16-8-6-14-26(31)28-19-18-27-29-20-21-33-34(30-15-7-9-17-32(30)41-33)37(29)39-22-23-10-4-5-13-25(23)36(39)35(27)38(28)40/h1-22H. The van der Waals surface area contributed by atoms with Gasteiger partial charge in [0.2, 0.25) is 0 Å². The molecule has 0 atom stereocenters. The van der Waals surface area contributed by atoms with Crippen LogP contribution >= 0.6 is 11.3 Å². The molecule has 190 valence electrons. The molecule has 0 saturated carbocycles. The summed E-state index contributed by atoms with van der Waals surface area (Å²) in [6, 6.07) is 46.7. The summed E-state index contributed by atoms with van der Waals surface area (Å²) < 4.78 is 7.63. The van der Waals surface area contributed by atoms with Gasteiger partial charge in [-0.1, -0.05) is 97.1 Å². The highest BCUT2D eigenvalue weighted by molar-refractivity contribution is 7.26. The third-order valence-corrected chi connectivity index (χ3v) is 10.00. The fraction of sp³-hybridized carbons (Fsp3) is 0. The van der Waals surface area contributed by atoms with E-state index < -0.39 is 0 Å². The fourth-order valence-corrected chi connectivity index (χ4v) is 8.33. The molecule has 10 rings (SSSR count). The van der Waals surface area contributed by atoms with Crippen molar-refractivity contribution in [2.24, 2.45) is 0 Å². The second kappa shape index (κ2) is 7.75. The Hall–Kier alpha value is -5.12. The topological polar surface area (TPSA) is 9.34 Å². The van der Waals surface area contributed by atoms with Crippen LogP contribution in [-0.2, 0) is 0 Å².